The van der Waals surface area contributed by atoms with Crippen molar-refractivity contribution in [2.45, 2.75) is 31.4 Å². The Morgan fingerprint density at radius 3 is 2.07 bits per heavy atom. The fraction of sp³-hybridized carbons (Fsp3) is 0.409. The second-order valence-electron chi connectivity index (χ2n) is 6.72. The van der Waals surface area contributed by atoms with Crippen molar-refractivity contribution in [1.29, 1.82) is 0 Å². The van der Waals surface area contributed by atoms with Crippen molar-refractivity contribution in [3.05, 3.63) is 71.8 Å². The lowest BCUT2D eigenvalue weighted by atomic mass is 9.86. The van der Waals surface area contributed by atoms with Gasteiger partial charge < -0.3 is 14.4 Å². The molecule has 0 aliphatic carbocycles. The standard InChI is InChI=1S/C22H27NO3.BrH/c1-3-26-22(18-11-6-4-7-12-18,19-13-8-5-9-14-19)21(24)25-17-20-15-10-16-23(20)2;/h4-9,11-14,20H,3,10,15-17H2,1-2H3;1H. The van der Waals surface area contributed by atoms with Gasteiger partial charge in [-0.2, -0.15) is 0 Å². The number of carbonyl (C=O) groups excluding carboxylic acids is 1. The van der Waals surface area contributed by atoms with Crippen molar-refractivity contribution < 1.29 is 14.3 Å². The van der Waals surface area contributed by atoms with Gasteiger partial charge in [-0.15, -0.1) is 17.0 Å². The van der Waals surface area contributed by atoms with E-state index in [1.54, 1.807) is 0 Å². The summed E-state index contributed by atoms with van der Waals surface area (Å²) in [5.41, 5.74) is 0.338. The normalized spacial score (nSPS) is 17.3. The van der Waals surface area contributed by atoms with Crippen LogP contribution in [0, 0.1) is 0 Å². The number of benzene rings is 2. The highest BCUT2D eigenvalue weighted by molar-refractivity contribution is 8.93. The molecule has 27 heavy (non-hydrogen) atoms. The molecular formula is C22H28BrNO3. The van der Waals surface area contributed by atoms with Crippen molar-refractivity contribution in [3.63, 3.8) is 0 Å². The first-order chi connectivity index (χ1) is 12.7. The minimum atomic E-state index is -1.24. The molecule has 1 heterocycles. The number of carbonyl (C=O) groups is 1. The van der Waals surface area contributed by atoms with Gasteiger partial charge in [0.05, 0.1) is 0 Å². The minimum absolute atomic E-state index is 0. The molecule has 4 nitrogen and oxygen atoms in total. The zero-order chi connectivity index (χ0) is 18.4. The van der Waals surface area contributed by atoms with Crippen LogP contribution in [0.15, 0.2) is 60.7 Å². The van der Waals surface area contributed by atoms with Crippen molar-refractivity contribution >= 4 is 23.0 Å². The molecule has 2 aromatic rings. The monoisotopic (exact) mass is 433 g/mol. The molecule has 0 saturated carbocycles. The number of hydrogen-bond acceptors (Lipinski definition) is 4. The second-order valence-corrected chi connectivity index (χ2v) is 6.72. The third-order valence-electron chi connectivity index (χ3n) is 5.09. The van der Waals surface area contributed by atoms with Gasteiger partial charge >= 0.3 is 5.97 Å². The van der Waals surface area contributed by atoms with Gasteiger partial charge in [0.15, 0.2) is 0 Å². The average molecular weight is 434 g/mol. The van der Waals surface area contributed by atoms with Crippen LogP contribution in [0.2, 0.25) is 0 Å². The topological polar surface area (TPSA) is 38.8 Å². The van der Waals surface area contributed by atoms with Crippen LogP contribution in [0.4, 0.5) is 0 Å². The third-order valence-corrected chi connectivity index (χ3v) is 5.09. The van der Waals surface area contributed by atoms with Crippen molar-refractivity contribution in [2.75, 3.05) is 26.8 Å². The van der Waals surface area contributed by atoms with E-state index in [9.17, 15) is 4.79 Å². The SMILES string of the molecule is Br.CCOC(C(=O)OCC1CCCN1C)(c1ccccc1)c1ccccc1. The van der Waals surface area contributed by atoms with Gasteiger partial charge in [-0.1, -0.05) is 60.7 Å². The van der Waals surface area contributed by atoms with Gasteiger partial charge in [-0.25, -0.2) is 4.79 Å². The van der Waals surface area contributed by atoms with Crippen LogP contribution in [-0.2, 0) is 19.9 Å². The van der Waals surface area contributed by atoms with Gasteiger partial charge in [-0.3, -0.25) is 0 Å². The number of rotatable bonds is 7. The lowest BCUT2D eigenvalue weighted by molar-refractivity contribution is -0.169. The summed E-state index contributed by atoms with van der Waals surface area (Å²) in [6.45, 7) is 3.75. The lowest BCUT2D eigenvalue weighted by Crippen LogP contribution is -2.43. The highest BCUT2D eigenvalue weighted by atomic mass is 79.9. The molecule has 1 aliphatic heterocycles. The molecule has 0 spiro atoms. The maximum atomic E-state index is 13.4. The first-order valence-corrected chi connectivity index (χ1v) is 9.31. The van der Waals surface area contributed by atoms with Crippen LogP contribution in [0.1, 0.15) is 30.9 Å². The molecule has 0 radical (unpaired) electrons. The van der Waals surface area contributed by atoms with E-state index >= 15 is 0 Å². The molecule has 0 bridgehead atoms. The van der Waals surface area contributed by atoms with Crippen molar-refractivity contribution in [2.24, 2.45) is 0 Å². The number of esters is 1. The van der Waals surface area contributed by atoms with E-state index in [0.717, 1.165) is 30.5 Å². The van der Waals surface area contributed by atoms with E-state index < -0.39 is 5.60 Å². The number of likely N-dealkylation sites (tertiary alicyclic amines) is 1. The fourth-order valence-corrected chi connectivity index (χ4v) is 3.65. The summed E-state index contributed by atoms with van der Waals surface area (Å²) in [6.07, 6.45) is 2.20. The number of hydrogen-bond donors (Lipinski definition) is 0. The quantitative estimate of drug-likeness (QED) is 0.613. The Labute approximate surface area is 172 Å². The Balaban J connectivity index is 0.00000261. The number of halogens is 1. The van der Waals surface area contributed by atoms with E-state index in [0.29, 0.717) is 13.2 Å². The van der Waals surface area contributed by atoms with E-state index in [-0.39, 0.29) is 29.0 Å². The maximum absolute atomic E-state index is 13.4. The first-order valence-electron chi connectivity index (χ1n) is 9.31. The molecule has 0 N–H and O–H groups in total. The Kier molecular flexibility index (Phi) is 8.02. The van der Waals surface area contributed by atoms with Crippen LogP contribution in [0.25, 0.3) is 0 Å². The summed E-state index contributed by atoms with van der Waals surface area (Å²) in [5.74, 6) is -0.350. The molecule has 1 saturated heterocycles. The summed E-state index contributed by atoms with van der Waals surface area (Å²) in [4.78, 5) is 15.6. The number of likely N-dealkylation sites (N-methyl/N-ethyl adjacent to an activating group) is 1. The Morgan fingerprint density at radius 1 is 1.07 bits per heavy atom. The van der Waals surface area contributed by atoms with Crippen LogP contribution in [0.3, 0.4) is 0 Å². The summed E-state index contributed by atoms with van der Waals surface area (Å²) < 4.78 is 11.9. The van der Waals surface area contributed by atoms with E-state index in [4.69, 9.17) is 9.47 Å². The average Bonchev–Trinajstić information content (AvgIpc) is 3.10. The Bertz CT molecular complexity index is 669. The summed E-state index contributed by atoms with van der Waals surface area (Å²) in [6, 6.07) is 19.5. The molecule has 5 heteroatoms. The van der Waals surface area contributed by atoms with Crippen molar-refractivity contribution in [1.82, 2.24) is 4.90 Å². The molecule has 0 aromatic heterocycles. The predicted octanol–water partition coefficient (Wildman–Crippen LogP) is 4.18. The van der Waals surface area contributed by atoms with Crippen molar-refractivity contribution in [3.8, 4) is 0 Å². The Morgan fingerprint density at radius 2 is 1.63 bits per heavy atom. The highest BCUT2D eigenvalue weighted by Gasteiger charge is 2.45. The maximum Gasteiger partial charge on any atom is 0.347 e. The van der Waals surface area contributed by atoms with E-state index in [2.05, 4.69) is 11.9 Å². The van der Waals surface area contributed by atoms with Gasteiger partial charge in [0.25, 0.3) is 0 Å². The third kappa shape index (κ3) is 4.60. The molecule has 1 unspecified atom stereocenters. The Hall–Kier alpha value is -1.69. The van der Waals surface area contributed by atoms with Gasteiger partial charge in [-0.05, 0) is 44.5 Å². The number of ether oxygens (including phenoxy) is 2. The summed E-state index contributed by atoms with van der Waals surface area (Å²) in [7, 11) is 2.08. The molecule has 1 atom stereocenters. The molecule has 2 aromatic carbocycles. The molecule has 3 rings (SSSR count). The minimum Gasteiger partial charge on any atom is -0.461 e. The zero-order valence-corrected chi connectivity index (χ0v) is 17.7. The lowest BCUT2D eigenvalue weighted by Gasteiger charge is -2.33. The van der Waals surface area contributed by atoms with Crippen LogP contribution in [-0.4, -0.2) is 43.7 Å². The van der Waals surface area contributed by atoms with Gasteiger partial charge in [0, 0.05) is 12.6 Å². The zero-order valence-electron chi connectivity index (χ0n) is 16.0. The molecule has 1 fully saturated rings. The second kappa shape index (κ2) is 10.0. The predicted molar refractivity (Wildman–Crippen MR) is 112 cm³/mol. The van der Waals surface area contributed by atoms with E-state index in [1.807, 2.05) is 67.6 Å². The number of nitrogens with zero attached hydrogens (tertiary/aromatic N) is 1. The highest BCUT2D eigenvalue weighted by Crippen LogP contribution is 2.35. The first kappa shape index (κ1) is 21.6. The summed E-state index contributed by atoms with van der Waals surface area (Å²) in [5, 5.41) is 0. The van der Waals surface area contributed by atoms with E-state index in [1.165, 1.54) is 0 Å². The van der Waals surface area contributed by atoms with Crippen LogP contribution in [0.5, 0.6) is 0 Å². The fourth-order valence-electron chi connectivity index (χ4n) is 3.65. The van der Waals surface area contributed by atoms with Gasteiger partial charge in [0.2, 0.25) is 5.60 Å². The largest absolute Gasteiger partial charge is 0.461 e. The van der Waals surface area contributed by atoms with Crippen LogP contribution >= 0.6 is 17.0 Å². The smallest absolute Gasteiger partial charge is 0.347 e. The molecule has 146 valence electrons. The van der Waals surface area contributed by atoms with Crippen LogP contribution < -0.4 is 0 Å². The molecular weight excluding hydrogens is 406 g/mol. The summed E-state index contributed by atoms with van der Waals surface area (Å²) >= 11 is 0. The molecule has 1 aliphatic rings. The molecule has 0 amide bonds. The van der Waals surface area contributed by atoms with Gasteiger partial charge in [0.1, 0.15) is 6.61 Å².